The Bertz CT molecular complexity index is 3520. The summed E-state index contributed by atoms with van der Waals surface area (Å²) in [6.45, 7) is 2.37. The summed E-state index contributed by atoms with van der Waals surface area (Å²) in [5, 5.41) is 9.67. The van der Waals surface area contributed by atoms with Crippen LogP contribution in [-0.4, -0.2) is 0 Å². The van der Waals surface area contributed by atoms with Crippen molar-refractivity contribution in [2.24, 2.45) is 0 Å². The Morgan fingerprint density at radius 1 is 0.459 bits per heavy atom. The minimum absolute atomic E-state index is 0.133. The molecule has 2 nitrogen and oxygen atoms in total. The lowest BCUT2D eigenvalue weighted by Crippen LogP contribution is -2.25. The van der Waals surface area contributed by atoms with Crippen molar-refractivity contribution in [1.82, 2.24) is 0 Å². The van der Waals surface area contributed by atoms with Gasteiger partial charge in [-0.3, -0.25) is 0 Å². The molecule has 0 N–H and O–H groups in total. The highest BCUT2D eigenvalue weighted by Gasteiger charge is 2.29. The second kappa shape index (κ2) is 14.0. The number of rotatable bonds is 6. The fraction of sp³-hybridized carbons (Fsp3) is 0.0508. The topological polar surface area (TPSA) is 16.4 Å². The molecule has 10 aromatic carbocycles. The molecule has 1 heterocycles. The maximum absolute atomic E-state index is 6.54. The van der Waals surface area contributed by atoms with Crippen molar-refractivity contribution >= 4 is 77.4 Å². The van der Waals surface area contributed by atoms with Crippen LogP contribution in [0.25, 0.3) is 82.6 Å². The van der Waals surface area contributed by atoms with Gasteiger partial charge in [-0.2, -0.15) is 0 Å². The standard InChI is InChI=1S/C59H41NO/c1-59(35-34-51-46(38-59)21-19-41-11-4-6-14-50(41)51)47-26-30-49(31-27-47)60(48-28-22-40(23-29-48)44-20-18-39-10-2-3-13-43(39)36-44)56-17-9-8-15-52(56)45-25-33-57-55(37-45)54-32-24-42-12-5-7-16-53(42)58(54)61-57/h2-37H,38H2,1H3. The number of benzene rings is 10. The third kappa shape index (κ3) is 5.94. The van der Waals surface area contributed by atoms with Gasteiger partial charge >= 0.3 is 0 Å². The van der Waals surface area contributed by atoms with Gasteiger partial charge in [0.25, 0.3) is 0 Å². The summed E-state index contributed by atoms with van der Waals surface area (Å²) in [5.41, 5.74) is 13.7. The van der Waals surface area contributed by atoms with Gasteiger partial charge in [-0.25, -0.2) is 0 Å². The largest absolute Gasteiger partial charge is 0.455 e. The van der Waals surface area contributed by atoms with E-state index in [1.54, 1.807) is 0 Å². The zero-order valence-electron chi connectivity index (χ0n) is 33.8. The lowest BCUT2D eigenvalue weighted by molar-refractivity contribution is 0.588. The highest BCUT2D eigenvalue weighted by Crippen LogP contribution is 2.45. The molecular formula is C59H41NO. The number of nitrogens with zero attached hydrogens (tertiary/aromatic N) is 1. The first-order chi connectivity index (χ1) is 30.1. The van der Waals surface area contributed by atoms with Gasteiger partial charge in [-0.1, -0.05) is 171 Å². The molecule has 0 saturated carbocycles. The van der Waals surface area contributed by atoms with Crippen molar-refractivity contribution in [3.05, 3.63) is 229 Å². The summed E-state index contributed by atoms with van der Waals surface area (Å²) in [4.78, 5) is 2.41. The maximum Gasteiger partial charge on any atom is 0.143 e. The molecule has 0 radical (unpaired) electrons. The van der Waals surface area contributed by atoms with Crippen LogP contribution in [0.15, 0.2) is 217 Å². The first-order valence-corrected chi connectivity index (χ1v) is 21.2. The number of furan rings is 1. The van der Waals surface area contributed by atoms with Gasteiger partial charge in [0.1, 0.15) is 11.2 Å². The van der Waals surface area contributed by atoms with Crippen LogP contribution in [0.3, 0.4) is 0 Å². The average molecular weight is 780 g/mol. The summed E-state index contributed by atoms with van der Waals surface area (Å²) >= 11 is 0. The lowest BCUT2D eigenvalue weighted by atomic mass is 9.72. The quantitative estimate of drug-likeness (QED) is 0.167. The fourth-order valence-electron chi connectivity index (χ4n) is 9.79. The predicted octanol–water partition coefficient (Wildman–Crippen LogP) is 16.4. The van der Waals surface area contributed by atoms with Gasteiger partial charge in [0.15, 0.2) is 0 Å². The van der Waals surface area contributed by atoms with Gasteiger partial charge in [-0.15, -0.1) is 0 Å². The minimum atomic E-state index is -0.133. The number of fused-ring (bicyclic) bond motifs is 9. The van der Waals surface area contributed by atoms with Gasteiger partial charge in [0.2, 0.25) is 0 Å². The average Bonchev–Trinajstić information content (AvgIpc) is 3.70. The van der Waals surface area contributed by atoms with Crippen LogP contribution in [0.4, 0.5) is 17.1 Å². The third-order valence-electron chi connectivity index (χ3n) is 13.0. The number of hydrogen-bond donors (Lipinski definition) is 0. The van der Waals surface area contributed by atoms with E-state index in [2.05, 4.69) is 230 Å². The molecule has 1 unspecified atom stereocenters. The van der Waals surface area contributed by atoms with Crippen LogP contribution in [0, 0.1) is 0 Å². The Labute approximate surface area is 355 Å². The number of allylic oxidation sites excluding steroid dienone is 1. The molecule has 61 heavy (non-hydrogen) atoms. The molecule has 0 amide bonds. The molecule has 2 heteroatoms. The molecule has 1 aromatic heterocycles. The Morgan fingerprint density at radius 3 is 1.90 bits per heavy atom. The summed E-state index contributed by atoms with van der Waals surface area (Å²) in [5.74, 6) is 0. The first-order valence-electron chi connectivity index (χ1n) is 21.2. The minimum Gasteiger partial charge on any atom is -0.455 e. The van der Waals surface area contributed by atoms with Crippen molar-refractivity contribution in [2.75, 3.05) is 4.90 Å². The van der Waals surface area contributed by atoms with E-state index in [0.29, 0.717) is 0 Å². The Balaban J connectivity index is 0.966. The second-order valence-electron chi connectivity index (χ2n) is 16.8. The van der Waals surface area contributed by atoms with E-state index in [1.165, 1.54) is 54.7 Å². The summed E-state index contributed by atoms with van der Waals surface area (Å²) in [6, 6.07) is 75.2. The van der Waals surface area contributed by atoms with Crippen LogP contribution in [0.5, 0.6) is 0 Å². The zero-order chi connectivity index (χ0) is 40.5. The number of anilines is 3. The van der Waals surface area contributed by atoms with E-state index in [-0.39, 0.29) is 5.41 Å². The van der Waals surface area contributed by atoms with E-state index >= 15 is 0 Å². The van der Waals surface area contributed by atoms with Gasteiger partial charge < -0.3 is 9.32 Å². The molecule has 0 fully saturated rings. The molecule has 288 valence electrons. The van der Waals surface area contributed by atoms with Crippen molar-refractivity contribution in [1.29, 1.82) is 0 Å². The molecule has 0 bridgehead atoms. The van der Waals surface area contributed by atoms with Crippen molar-refractivity contribution in [3.8, 4) is 22.3 Å². The van der Waals surface area contributed by atoms with Crippen LogP contribution in [0.2, 0.25) is 0 Å². The SMILES string of the molecule is CC1(c2ccc(N(c3ccc(-c4ccc5ccccc5c4)cc3)c3ccccc3-c3ccc4oc5c6ccccc6ccc5c4c3)cc2)C=Cc2c(ccc3ccccc23)C1. The second-order valence-corrected chi connectivity index (χ2v) is 16.8. The summed E-state index contributed by atoms with van der Waals surface area (Å²) in [6.07, 6.45) is 5.71. The van der Waals surface area contributed by atoms with E-state index in [1.807, 2.05) is 0 Å². The van der Waals surface area contributed by atoms with Gasteiger partial charge in [0.05, 0.1) is 5.69 Å². The smallest absolute Gasteiger partial charge is 0.143 e. The highest BCUT2D eigenvalue weighted by atomic mass is 16.3. The van der Waals surface area contributed by atoms with Crippen LogP contribution in [0.1, 0.15) is 23.6 Å². The Kier molecular flexibility index (Phi) is 8.08. The highest BCUT2D eigenvalue weighted by molar-refractivity contribution is 6.15. The lowest BCUT2D eigenvalue weighted by Gasteiger charge is -2.33. The molecule has 11 aromatic rings. The van der Waals surface area contributed by atoms with Gasteiger partial charge in [-0.05, 0) is 121 Å². The fourth-order valence-corrected chi connectivity index (χ4v) is 9.79. The Morgan fingerprint density at radius 2 is 1.08 bits per heavy atom. The maximum atomic E-state index is 6.54. The van der Waals surface area contributed by atoms with E-state index in [4.69, 9.17) is 4.42 Å². The molecule has 1 aliphatic carbocycles. The molecule has 0 saturated heterocycles. The number of para-hydroxylation sites is 1. The summed E-state index contributed by atoms with van der Waals surface area (Å²) < 4.78 is 6.54. The van der Waals surface area contributed by atoms with Crippen molar-refractivity contribution in [3.63, 3.8) is 0 Å². The van der Waals surface area contributed by atoms with E-state index in [0.717, 1.165) is 61.9 Å². The van der Waals surface area contributed by atoms with Gasteiger partial charge in [0, 0.05) is 38.5 Å². The Hall–Kier alpha value is -7.68. The predicted molar refractivity (Wildman–Crippen MR) is 258 cm³/mol. The normalized spacial score (nSPS) is 14.9. The first kappa shape index (κ1) is 35.3. The third-order valence-corrected chi connectivity index (χ3v) is 13.0. The van der Waals surface area contributed by atoms with Crippen LogP contribution >= 0.6 is 0 Å². The molecular weight excluding hydrogens is 739 g/mol. The molecule has 1 aliphatic rings. The monoisotopic (exact) mass is 779 g/mol. The molecule has 12 rings (SSSR count). The molecule has 0 aliphatic heterocycles. The number of hydrogen-bond acceptors (Lipinski definition) is 2. The van der Waals surface area contributed by atoms with Crippen molar-refractivity contribution in [2.45, 2.75) is 18.8 Å². The van der Waals surface area contributed by atoms with Crippen LogP contribution in [-0.2, 0) is 11.8 Å². The zero-order valence-corrected chi connectivity index (χ0v) is 33.8. The summed E-state index contributed by atoms with van der Waals surface area (Å²) in [7, 11) is 0. The molecule has 1 atom stereocenters. The van der Waals surface area contributed by atoms with Crippen LogP contribution < -0.4 is 4.90 Å². The van der Waals surface area contributed by atoms with E-state index in [9.17, 15) is 0 Å². The molecule has 0 spiro atoms. The van der Waals surface area contributed by atoms with Crippen molar-refractivity contribution < 1.29 is 4.42 Å². The van der Waals surface area contributed by atoms with E-state index < -0.39 is 0 Å².